The lowest BCUT2D eigenvalue weighted by Crippen LogP contribution is -2.29. The van der Waals surface area contributed by atoms with Crippen molar-refractivity contribution >= 4 is 22.7 Å². The molecule has 5 rings (SSSR count). The van der Waals surface area contributed by atoms with Gasteiger partial charge in [0, 0.05) is 47.6 Å². The second kappa shape index (κ2) is 9.47. The predicted octanol–water partition coefficient (Wildman–Crippen LogP) is 4.70. The molecule has 2 fully saturated rings. The lowest BCUT2D eigenvalue weighted by Gasteiger charge is -2.18. The monoisotopic (exact) mass is 455 g/mol. The summed E-state index contributed by atoms with van der Waals surface area (Å²) >= 11 is 0. The van der Waals surface area contributed by atoms with Gasteiger partial charge in [-0.2, -0.15) is 0 Å². The van der Waals surface area contributed by atoms with Crippen molar-refractivity contribution in [3.8, 4) is 0 Å². The Kier molecular flexibility index (Phi) is 6.24. The molecule has 0 atom stereocenters. The molecule has 1 aromatic carbocycles. The summed E-state index contributed by atoms with van der Waals surface area (Å²) in [5.41, 5.74) is 10.8. The maximum atomic E-state index is 15.0. The van der Waals surface area contributed by atoms with Gasteiger partial charge in [-0.1, -0.05) is 18.2 Å². The van der Waals surface area contributed by atoms with Gasteiger partial charge in [-0.15, -0.1) is 6.58 Å². The van der Waals surface area contributed by atoms with Gasteiger partial charge in [0.15, 0.2) is 0 Å². The summed E-state index contributed by atoms with van der Waals surface area (Å²) in [6, 6.07) is 9.77. The molecule has 0 amide bonds. The van der Waals surface area contributed by atoms with Gasteiger partial charge >= 0.3 is 0 Å². The smallest absolute Gasteiger partial charge is 0.127 e. The van der Waals surface area contributed by atoms with Gasteiger partial charge < -0.3 is 11.1 Å². The van der Waals surface area contributed by atoms with E-state index >= 15 is 0 Å². The number of hydrogen-bond donors (Lipinski definition) is 2. The molecular weight excluding hydrogens is 425 g/mol. The van der Waals surface area contributed by atoms with Crippen molar-refractivity contribution in [2.75, 3.05) is 13.1 Å². The van der Waals surface area contributed by atoms with E-state index in [1.165, 1.54) is 6.20 Å². The number of pyridine rings is 2. The summed E-state index contributed by atoms with van der Waals surface area (Å²) in [5.74, 6) is -0.178. The third-order valence-corrected chi connectivity index (χ3v) is 7.11. The molecule has 1 saturated heterocycles. The number of nitrogens with one attached hydrogen (secondary N) is 1. The van der Waals surface area contributed by atoms with Crippen LogP contribution in [0.1, 0.15) is 48.1 Å². The van der Waals surface area contributed by atoms with Gasteiger partial charge in [0.25, 0.3) is 0 Å². The molecule has 0 spiro atoms. The number of allylic oxidation sites excluding steroid dienone is 2. The van der Waals surface area contributed by atoms with Crippen molar-refractivity contribution < 1.29 is 4.39 Å². The molecule has 1 saturated carbocycles. The van der Waals surface area contributed by atoms with Crippen molar-refractivity contribution in [3.63, 3.8) is 0 Å². The molecule has 0 bridgehead atoms. The summed E-state index contributed by atoms with van der Waals surface area (Å²) < 4.78 is 15.0. The number of rotatable bonds is 7. The number of fused-ring (bicyclic) bond motifs is 1. The molecule has 5 nitrogen and oxygen atoms in total. The van der Waals surface area contributed by atoms with E-state index < -0.39 is 0 Å². The number of piperidine rings is 1. The zero-order chi connectivity index (χ0) is 23.5. The Hall–Kier alpha value is -3.38. The molecule has 1 aliphatic carbocycles. The van der Waals surface area contributed by atoms with Crippen LogP contribution >= 0.6 is 0 Å². The van der Waals surface area contributed by atoms with E-state index in [-0.39, 0.29) is 11.2 Å². The molecule has 3 aromatic rings. The Morgan fingerprint density at radius 1 is 1.18 bits per heavy atom. The van der Waals surface area contributed by atoms with Crippen LogP contribution < -0.4 is 11.1 Å². The lowest BCUT2D eigenvalue weighted by atomic mass is 9.93. The topological polar surface area (TPSA) is 76.2 Å². The normalized spacial score (nSPS) is 18.4. The summed E-state index contributed by atoms with van der Waals surface area (Å²) in [6.45, 7) is 5.91. The molecule has 3 N–H and O–H groups in total. The molecule has 6 heteroatoms. The van der Waals surface area contributed by atoms with Gasteiger partial charge in [0.2, 0.25) is 0 Å². The van der Waals surface area contributed by atoms with Crippen LogP contribution in [0.3, 0.4) is 0 Å². The molecule has 1 aliphatic heterocycles. The fourth-order valence-electron chi connectivity index (χ4n) is 4.70. The van der Waals surface area contributed by atoms with Crippen molar-refractivity contribution in [1.82, 2.24) is 15.3 Å². The fourth-order valence-corrected chi connectivity index (χ4v) is 4.70. The van der Waals surface area contributed by atoms with E-state index in [4.69, 9.17) is 10.7 Å². The van der Waals surface area contributed by atoms with Gasteiger partial charge in [-0.25, -0.2) is 4.39 Å². The molecular formula is C28H30FN5. The third kappa shape index (κ3) is 4.50. The molecule has 2 aromatic heterocycles. The standard InChI is InChI=1S/C28H30FN5/c1-2-28(8-9-28)22-4-3-20(25(29)14-22)13-19-5-12-32-27-15-26(34-18-24(19)27)21(16-30)17-33-23-6-10-31-11-7-23/h2-5,12,14-18,23,31H,1,6-11,13,30H2. The first kappa shape index (κ1) is 22.4. The highest BCUT2D eigenvalue weighted by Crippen LogP contribution is 2.49. The van der Waals surface area contributed by atoms with E-state index in [1.54, 1.807) is 18.5 Å². The maximum Gasteiger partial charge on any atom is 0.127 e. The number of hydrogen-bond acceptors (Lipinski definition) is 5. The number of aromatic nitrogens is 2. The van der Waals surface area contributed by atoms with Gasteiger partial charge in [0.05, 0.1) is 17.3 Å². The van der Waals surface area contributed by atoms with E-state index in [1.807, 2.05) is 36.6 Å². The highest BCUT2D eigenvalue weighted by atomic mass is 19.1. The lowest BCUT2D eigenvalue weighted by molar-refractivity contribution is 0.461. The average molecular weight is 456 g/mol. The van der Waals surface area contributed by atoms with E-state index in [9.17, 15) is 4.39 Å². The Labute approximate surface area is 199 Å². The van der Waals surface area contributed by atoms with Crippen LogP contribution in [-0.4, -0.2) is 35.3 Å². The Morgan fingerprint density at radius 2 is 2.00 bits per heavy atom. The number of nitrogens with zero attached hydrogens (tertiary/aromatic N) is 3. The number of aliphatic imine (C=N–C) groups is 1. The molecule has 3 heterocycles. The molecule has 0 unspecified atom stereocenters. The Bertz CT molecular complexity index is 1270. The number of benzene rings is 1. The predicted molar refractivity (Wildman–Crippen MR) is 136 cm³/mol. The first-order chi connectivity index (χ1) is 16.6. The second-order valence-corrected chi connectivity index (χ2v) is 9.28. The highest BCUT2D eigenvalue weighted by Gasteiger charge is 2.41. The first-order valence-electron chi connectivity index (χ1n) is 11.9. The van der Waals surface area contributed by atoms with E-state index in [2.05, 4.69) is 21.9 Å². The van der Waals surface area contributed by atoms with Gasteiger partial charge in [-0.3, -0.25) is 15.0 Å². The van der Waals surface area contributed by atoms with Crippen LogP contribution in [-0.2, 0) is 11.8 Å². The maximum absolute atomic E-state index is 15.0. The van der Waals surface area contributed by atoms with E-state index in [0.717, 1.165) is 72.1 Å². The van der Waals surface area contributed by atoms with Crippen LogP contribution in [0, 0.1) is 5.82 Å². The average Bonchev–Trinajstić information content (AvgIpc) is 3.68. The number of nitrogens with two attached hydrogens (primary N) is 1. The van der Waals surface area contributed by atoms with Crippen LogP contribution in [0.5, 0.6) is 0 Å². The van der Waals surface area contributed by atoms with Crippen LogP contribution in [0.4, 0.5) is 4.39 Å². The minimum Gasteiger partial charge on any atom is -0.404 e. The van der Waals surface area contributed by atoms with Gasteiger partial charge in [0.1, 0.15) is 5.82 Å². The summed E-state index contributed by atoms with van der Waals surface area (Å²) in [7, 11) is 0. The summed E-state index contributed by atoms with van der Waals surface area (Å²) in [6.07, 6.45) is 13.5. The van der Waals surface area contributed by atoms with E-state index in [0.29, 0.717) is 18.0 Å². The molecule has 34 heavy (non-hydrogen) atoms. The van der Waals surface area contributed by atoms with Crippen molar-refractivity contribution in [3.05, 3.63) is 89.8 Å². The quantitative estimate of drug-likeness (QED) is 0.400. The van der Waals surface area contributed by atoms with Crippen molar-refractivity contribution in [2.45, 2.75) is 43.6 Å². The van der Waals surface area contributed by atoms with Crippen molar-refractivity contribution in [2.24, 2.45) is 10.7 Å². The fraction of sp³-hybridized carbons (Fsp3) is 0.321. The molecule has 0 radical (unpaired) electrons. The van der Waals surface area contributed by atoms with Crippen molar-refractivity contribution in [1.29, 1.82) is 0 Å². The first-order valence-corrected chi connectivity index (χ1v) is 11.9. The number of halogens is 1. The molecule has 2 aliphatic rings. The summed E-state index contributed by atoms with van der Waals surface area (Å²) in [5, 5.41) is 4.26. The Balaban J connectivity index is 1.39. The van der Waals surface area contributed by atoms with Gasteiger partial charge in [-0.05, 0) is 73.7 Å². The van der Waals surface area contributed by atoms with Crippen LogP contribution in [0.25, 0.3) is 16.5 Å². The second-order valence-electron chi connectivity index (χ2n) is 9.28. The van der Waals surface area contributed by atoms with Crippen LogP contribution in [0.2, 0.25) is 0 Å². The zero-order valence-corrected chi connectivity index (χ0v) is 19.3. The minimum atomic E-state index is -0.178. The largest absolute Gasteiger partial charge is 0.404 e. The molecule has 174 valence electrons. The SMILES string of the molecule is C=CC1(c2ccc(Cc3ccnc4cc(C(C=NC5CCNCC5)=CN)ncc34)c(F)c2)CC1. The third-order valence-electron chi connectivity index (χ3n) is 7.11. The highest BCUT2D eigenvalue weighted by molar-refractivity contribution is 6.09. The van der Waals surface area contributed by atoms with Crippen LogP contribution in [0.15, 0.2) is 66.6 Å². The summed E-state index contributed by atoms with van der Waals surface area (Å²) in [4.78, 5) is 13.9. The zero-order valence-electron chi connectivity index (χ0n) is 19.3. The Morgan fingerprint density at radius 3 is 2.71 bits per heavy atom. The minimum absolute atomic E-state index is 0.0333.